The van der Waals surface area contributed by atoms with Gasteiger partial charge < -0.3 is 10.5 Å². The number of pyridine rings is 1. The quantitative estimate of drug-likeness (QED) is 0.745. The Bertz CT molecular complexity index is 835. The number of rotatable bonds is 5. The fourth-order valence-electron chi connectivity index (χ4n) is 2.30. The highest BCUT2D eigenvalue weighted by atomic mass is 16.5. The molecule has 0 spiro atoms. The van der Waals surface area contributed by atoms with Gasteiger partial charge in [-0.2, -0.15) is 0 Å². The Kier molecular flexibility index (Phi) is 3.60. The van der Waals surface area contributed by atoms with Crippen molar-refractivity contribution in [1.82, 2.24) is 24.1 Å². The first kappa shape index (κ1) is 14.2. The highest BCUT2D eigenvalue weighted by Gasteiger charge is 2.22. The first-order valence-corrected chi connectivity index (χ1v) is 6.79. The molecule has 3 rings (SSSR count). The van der Waals surface area contributed by atoms with E-state index in [4.69, 9.17) is 10.5 Å². The van der Waals surface area contributed by atoms with Gasteiger partial charge in [0.05, 0.1) is 13.2 Å². The van der Waals surface area contributed by atoms with E-state index in [2.05, 4.69) is 15.1 Å². The van der Waals surface area contributed by atoms with E-state index < -0.39 is 5.91 Å². The molecule has 0 saturated heterocycles. The zero-order chi connectivity index (χ0) is 15.7. The van der Waals surface area contributed by atoms with Crippen molar-refractivity contribution in [2.45, 2.75) is 13.5 Å². The predicted molar refractivity (Wildman–Crippen MR) is 79.3 cm³/mol. The van der Waals surface area contributed by atoms with Gasteiger partial charge in [0.2, 0.25) is 5.82 Å². The lowest BCUT2D eigenvalue weighted by Gasteiger charge is -2.00. The average Bonchev–Trinajstić information content (AvgIpc) is 3.05. The van der Waals surface area contributed by atoms with E-state index in [1.165, 1.54) is 0 Å². The third-order valence-electron chi connectivity index (χ3n) is 3.34. The molecular formula is C14H16N6O2. The molecule has 0 aliphatic rings. The van der Waals surface area contributed by atoms with E-state index in [9.17, 15) is 4.79 Å². The Hall–Kier alpha value is -2.74. The van der Waals surface area contributed by atoms with Crippen molar-refractivity contribution in [1.29, 1.82) is 0 Å². The van der Waals surface area contributed by atoms with Crippen LogP contribution in [0, 0.1) is 6.92 Å². The number of imidazole rings is 1. The highest BCUT2D eigenvalue weighted by molar-refractivity contribution is 5.97. The van der Waals surface area contributed by atoms with Gasteiger partial charge in [0.25, 0.3) is 5.91 Å². The summed E-state index contributed by atoms with van der Waals surface area (Å²) in [5, 5.41) is 4.40. The summed E-state index contributed by atoms with van der Waals surface area (Å²) in [6.45, 7) is 2.94. The maximum absolute atomic E-state index is 11.8. The summed E-state index contributed by atoms with van der Waals surface area (Å²) < 4.78 is 8.40. The molecule has 3 aromatic heterocycles. The normalized spacial score (nSPS) is 11.2. The van der Waals surface area contributed by atoms with Crippen molar-refractivity contribution in [2.24, 2.45) is 5.73 Å². The van der Waals surface area contributed by atoms with Crippen LogP contribution in [0.4, 0.5) is 0 Å². The number of hydrogen-bond acceptors (Lipinski definition) is 5. The lowest BCUT2D eigenvalue weighted by molar-refractivity contribution is 0.0995. The van der Waals surface area contributed by atoms with Crippen LogP contribution in [-0.4, -0.2) is 43.8 Å². The third-order valence-corrected chi connectivity index (χ3v) is 3.34. The van der Waals surface area contributed by atoms with Gasteiger partial charge in [-0.05, 0) is 19.1 Å². The van der Waals surface area contributed by atoms with Crippen LogP contribution >= 0.6 is 0 Å². The number of amides is 1. The highest BCUT2D eigenvalue weighted by Crippen LogP contribution is 2.21. The van der Waals surface area contributed by atoms with Crippen molar-refractivity contribution in [3.8, 4) is 11.5 Å². The molecule has 0 aliphatic heterocycles. The molecule has 0 bridgehead atoms. The molecule has 114 valence electrons. The topological polar surface area (TPSA) is 100 Å². The molecular weight excluding hydrogens is 284 g/mol. The Morgan fingerprint density at radius 2 is 2.18 bits per heavy atom. The molecule has 3 aromatic rings. The average molecular weight is 300 g/mol. The minimum atomic E-state index is -0.570. The van der Waals surface area contributed by atoms with Gasteiger partial charge in [-0.1, -0.05) is 6.07 Å². The maximum Gasteiger partial charge on any atom is 0.268 e. The Morgan fingerprint density at radius 3 is 2.91 bits per heavy atom. The molecule has 0 saturated carbocycles. The van der Waals surface area contributed by atoms with Crippen molar-refractivity contribution in [2.75, 3.05) is 13.7 Å². The van der Waals surface area contributed by atoms with Crippen LogP contribution in [0.15, 0.2) is 24.4 Å². The zero-order valence-electron chi connectivity index (χ0n) is 12.4. The van der Waals surface area contributed by atoms with Crippen molar-refractivity contribution >= 4 is 11.6 Å². The largest absolute Gasteiger partial charge is 0.383 e. The Morgan fingerprint density at radius 1 is 1.36 bits per heavy atom. The fraction of sp³-hybridized carbons (Fsp3) is 0.286. The lowest BCUT2D eigenvalue weighted by atomic mass is 10.3. The Labute approximate surface area is 126 Å². The number of aromatic nitrogens is 5. The molecule has 8 nitrogen and oxygen atoms in total. The van der Waals surface area contributed by atoms with E-state index in [1.807, 2.05) is 13.0 Å². The van der Waals surface area contributed by atoms with Crippen LogP contribution in [0.1, 0.15) is 16.3 Å². The molecule has 8 heteroatoms. The second kappa shape index (κ2) is 5.57. The van der Waals surface area contributed by atoms with Crippen LogP contribution in [0.3, 0.4) is 0 Å². The van der Waals surface area contributed by atoms with E-state index in [-0.39, 0.29) is 5.69 Å². The van der Waals surface area contributed by atoms with Gasteiger partial charge in [0.1, 0.15) is 22.9 Å². The van der Waals surface area contributed by atoms with Gasteiger partial charge in [-0.3, -0.25) is 9.20 Å². The van der Waals surface area contributed by atoms with Crippen LogP contribution in [0.2, 0.25) is 0 Å². The number of aryl methyl sites for hydroxylation is 1. The summed E-state index contributed by atoms with van der Waals surface area (Å²) in [6, 6.07) is 5.44. The van der Waals surface area contributed by atoms with Crippen LogP contribution < -0.4 is 5.73 Å². The molecule has 2 N–H and O–H groups in total. The van der Waals surface area contributed by atoms with Crippen molar-refractivity contribution < 1.29 is 9.53 Å². The zero-order valence-corrected chi connectivity index (χ0v) is 12.4. The predicted octanol–water partition coefficient (Wildman–Crippen LogP) is 0.647. The van der Waals surface area contributed by atoms with Crippen molar-refractivity contribution in [3.63, 3.8) is 0 Å². The molecule has 22 heavy (non-hydrogen) atoms. The van der Waals surface area contributed by atoms with Crippen molar-refractivity contribution in [3.05, 3.63) is 35.9 Å². The van der Waals surface area contributed by atoms with Gasteiger partial charge >= 0.3 is 0 Å². The van der Waals surface area contributed by atoms with E-state index in [0.717, 1.165) is 5.82 Å². The summed E-state index contributed by atoms with van der Waals surface area (Å²) >= 11 is 0. The summed E-state index contributed by atoms with van der Waals surface area (Å²) in [5.41, 5.74) is 6.79. The third kappa shape index (κ3) is 2.33. The second-order valence-electron chi connectivity index (χ2n) is 4.80. The number of nitrogens with two attached hydrogens (primary N) is 1. The summed E-state index contributed by atoms with van der Waals surface area (Å²) in [4.78, 5) is 20.6. The molecule has 0 aliphatic carbocycles. The smallest absolute Gasteiger partial charge is 0.268 e. The number of fused-ring (bicyclic) bond motifs is 1. The SMILES string of the molecule is COCCn1nc(-c2nc3ccccn3c2C(N)=O)nc1C. The van der Waals surface area contributed by atoms with E-state index in [1.54, 1.807) is 34.5 Å². The van der Waals surface area contributed by atoms with E-state index in [0.29, 0.717) is 30.3 Å². The van der Waals surface area contributed by atoms with Gasteiger partial charge in [-0.25, -0.2) is 14.6 Å². The number of nitrogens with zero attached hydrogens (tertiary/aromatic N) is 5. The fourth-order valence-corrected chi connectivity index (χ4v) is 2.30. The molecule has 0 unspecified atom stereocenters. The summed E-state index contributed by atoms with van der Waals surface area (Å²) in [6.07, 6.45) is 1.74. The standard InChI is InChI=1S/C14H16N6O2/c1-9-16-14(18-20(9)7-8-22-2)11-12(13(15)21)19-6-4-3-5-10(19)17-11/h3-6H,7-8H2,1-2H3,(H2,15,21). The molecule has 0 fully saturated rings. The number of methoxy groups -OCH3 is 1. The molecule has 3 heterocycles. The molecule has 0 aromatic carbocycles. The molecule has 1 amide bonds. The molecule has 0 atom stereocenters. The maximum atomic E-state index is 11.8. The molecule has 0 radical (unpaired) electrons. The number of hydrogen-bond donors (Lipinski definition) is 1. The van der Waals surface area contributed by atoms with Crippen LogP contribution in [0.25, 0.3) is 17.2 Å². The number of primary amides is 1. The number of ether oxygens (including phenoxy) is 1. The minimum Gasteiger partial charge on any atom is -0.383 e. The van der Waals surface area contributed by atoms with Crippen LogP contribution in [0.5, 0.6) is 0 Å². The number of carbonyl (C=O) groups is 1. The van der Waals surface area contributed by atoms with Gasteiger partial charge in [-0.15, -0.1) is 5.10 Å². The van der Waals surface area contributed by atoms with Gasteiger partial charge in [0.15, 0.2) is 0 Å². The summed E-state index contributed by atoms with van der Waals surface area (Å²) in [7, 11) is 1.63. The number of carbonyl (C=O) groups excluding carboxylic acids is 1. The lowest BCUT2D eigenvalue weighted by Crippen LogP contribution is -2.15. The van der Waals surface area contributed by atoms with Gasteiger partial charge in [0, 0.05) is 13.3 Å². The first-order chi connectivity index (χ1) is 10.6. The minimum absolute atomic E-state index is 0.277. The van der Waals surface area contributed by atoms with E-state index >= 15 is 0 Å². The summed E-state index contributed by atoms with van der Waals surface area (Å²) in [5.74, 6) is 0.533. The van der Waals surface area contributed by atoms with Crippen LogP contribution in [-0.2, 0) is 11.3 Å². The first-order valence-electron chi connectivity index (χ1n) is 6.79. The monoisotopic (exact) mass is 300 g/mol. The Balaban J connectivity index is 2.14. The second-order valence-corrected chi connectivity index (χ2v) is 4.80.